The van der Waals surface area contributed by atoms with Crippen molar-refractivity contribution in [2.45, 2.75) is 13.0 Å². The summed E-state index contributed by atoms with van der Waals surface area (Å²) in [7, 11) is 0. The molecule has 2 aromatic heterocycles. The van der Waals surface area contributed by atoms with Gasteiger partial charge in [-0.1, -0.05) is 18.2 Å². The van der Waals surface area contributed by atoms with Gasteiger partial charge in [-0.2, -0.15) is 0 Å². The molecular formula is C16H14N2O. The summed E-state index contributed by atoms with van der Waals surface area (Å²) in [5.41, 5.74) is 3.59. The van der Waals surface area contributed by atoms with Crippen molar-refractivity contribution in [3.05, 3.63) is 71.7 Å². The van der Waals surface area contributed by atoms with Crippen LogP contribution in [0.5, 0.6) is 0 Å². The summed E-state index contributed by atoms with van der Waals surface area (Å²) in [5.74, 6) is 0. The van der Waals surface area contributed by atoms with Gasteiger partial charge in [-0.05, 0) is 36.2 Å². The maximum Gasteiger partial charge on any atom is 0.106 e. The number of rotatable bonds is 2. The van der Waals surface area contributed by atoms with Crippen molar-refractivity contribution >= 4 is 10.9 Å². The lowest BCUT2D eigenvalue weighted by atomic mass is 9.98. The molecular weight excluding hydrogens is 236 g/mol. The highest BCUT2D eigenvalue weighted by Crippen LogP contribution is 2.26. The molecule has 0 spiro atoms. The Hall–Kier alpha value is -2.26. The number of hydrogen-bond donors (Lipinski definition) is 1. The minimum atomic E-state index is -0.667. The predicted molar refractivity (Wildman–Crippen MR) is 74.8 cm³/mol. The average Bonchev–Trinajstić information content (AvgIpc) is 2.46. The molecule has 3 heteroatoms. The van der Waals surface area contributed by atoms with Gasteiger partial charge < -0.3 is 5.11 Å². The largest absolute Gasteiger partial charge is 0.384 e. The number of aryl methyl sites for hydroxylation is 1. The van der Waals surface area contributed by atoms with Gasteiger partial charge in [0.05, 0.1) is 5.52 Å². The maximum atomic E-state index is 10.5. The number of fused-ring (bicyclic) bond motifs is 1. The summed E-state index contributed by atoms with van der Waals surface area (Å²) in [6, 6.07) is 11.6. The third kappa shape index (κ3) is 2.20. The smallest absolute Gasteiger partial charge is 0.106 e. The van der Waals surface area contributed by atoms with E-state index in [-0.39, 0.29) is 0 Å². The van der Waals surface area contributed by atoms with Gasteiger partial charge in [-0.15, -0.1) is 0 Å². The van der Waals surface area contributed by atoms with Crippen molar-refractivity contribution < 1.29 is 5.11 Å². The Labute approximate surface area is 111 Å². The highest BCUT2D eigenvalue weighted by molar-refractivity contribution is 5.79. The van der Waals surface area contributed by atoms with Crippen LogP contribution in [0, 0.1) is 6.92 Å². The fourth-order valence-corrected chi connectivity index (χ4v) is 2.20. The first-order valence-corrected chi connectivity index (χ1v) is 6.19. The lowest BCUT2D eigenvalue weighted by Gasteiger charge is -2.13. The molecule has 3 rings (SSSR count). The highest BCUT2D eigenvalue weighted by Gasteiger charge is 2.13. The first kappa shape index (κ1) is 11.8. The van der Waals surface area contributed by atoms with Crippen molar-refractivity contribution in [2.24, 2.45) is 0 Å². The van der Waals surface area contributed by atoms with E-state index in [1.165, 1.54) is 0 Å². The van der Waals surface area contributed by atoms with Crippen molar-refractivity contribution in [3.8, 4) is 0 Å². The Kier molecular flexibility index (Phi) is 2.97. The molecule has 0 aliphatic carbocycles. The summed E-state index contributed by atoms with van der Waals surface area (Å²) in [6.07, 6.45) is 4.53. The molecule has 3 aromatic rings. The van der Waals surface area contributed by atoms with Gasteiger partial charge in [-0.25, -0.2) is 0 Å². The fraction of sp³-hybridized carbons (Fsp3) is 0.125. The average molecular weight is 250 g/mol. The van der Waals surface area contributed by atoms with Gasteiger partial charge in [0.2, 0.25) is 0 Å². The number of aliphatic hydroxyl groups is 1. The zero-order valence-corrected chi connectivity index (χ0v) is 10.6. The molecule has 2 heterocycles. The molecule has 0 saturated carbocycles. The molecule has 0 amide bonds. The van der Waals surface area contributed by atoms with Crippen LogP contribution in [0.1, 0.15) is 22.8 Å². The number of aromatic nitrogens is 2. The molecule has 0 fully saturated rings. The quantitative estimate of drug-likeness (QED) is 0.760. The normalized spacial score (nSPS) is 12.5. The van der Waals surface area contributed by atoms with Crippen LogP contribution in [-0.2, 0) is 0 Å². The Morgan fingerprint density at radius 2 is 2.00 bits per heavy atom. The topological polar surface area (TPSA) is 46.0 Å². The van der Waals surface area contributed by atoms with Gasteiger partial charge in [0.1, 0.15) is 6.10 Å². The van der Waals surface area contributed by atoms with Gasteiger partial charge in [0.15, 0.2) is 0 Å². The van der Waals surface area contributed by atoms with Gasteiger partial charge in [-0.3, -0.25) is 9.97 Å². The molecule has 1 atom stereocenters. The molecule has 1 aromatic carbocycles. The van der Waals surface area contributed by atoms with Crippen LogP contribution in [0.25, 0.3) is 10.9 Å². The zero-order valence-electron chi connectivity index (χ0n) is 10.6. The first-order chi connectivity index (χ1) is 9.25. The molecule has 0 radical (unpaired) electrons. The van der Waals surface area contributed by atoms with Gasteiger partial charge >= 0.3 is 0 Å². The van der Waals surface area contributed by atoms with Crippen LogP contribution in [0.15, 0.2) is 55.0 Å². The van der Waals surface area contributed by atoms with Crippen molar-refractivity contribution in [3.63, 3.8) is 0 Å². The van der Waals surface area contributed by atoms with Crippen molar-refractivity contribution in [1.29, 1.82) is 0 Å². The van der Waals surface area contributed by atoms with Crippen LogP contribution < -0.4 is 0 Å². The van der Waals surface area contributed by atoms with E-state index in [1.54, 1.807) is 18.6 Å². The molecule has 1 unspecified atom stereocenters. The molecule has 0 aliphatic rings. The second kappa shape index (κ2) is 4.78. The lowest BCUT2D eigenvalue weighted by Crippen LogP contribution is -2.02. The summed E-state index contributed by atoms with van der Waals surface area (Å²) >= 11 is 0. The number of benzene rings is 1. The van der Waals surface area contributed by atoms with Crippen molar-refractivity contribution in [1.82, 2.24) is 9.97 Å². The molecule has 0 saturated heterocycles. The summed E-state index contributed by atoms with van der Waals surface area (Å²) < 4.78 is 0. The van der Waals surface area contributed by atoms with E-state index in [0.717, 1.165) is 27.6 Å². The second-order valence-electron chi connectivity index (χ2n) is 4.59. The Morgan fingerprint density at radius 3 is 2.84 bits per heavy atom. The summed E-state index contributed by atoms with van der Waals surface area (Å²) in [6.45, 7) is 1.97. The van der Waals surface area contributed by atoms with E-state index in [2.05, 4.69) is 9.97 Å². The maximum absolute atomic E-state index is 10.5. The molecule has 19 heavy (non-hydrogen) atoms. The zero-order chi connectivity index (χ0) is 13.2. The lowest BCUT2D eigenvalue weighted by molar-refractivity contribution is 0.219. The summed E-state index contributed by atoms with van der Waals surface area (Å²) in [4.78, 5) is 8.39. The number of nitrogens with zero attached hydrogens (tertiary/aromatic N) is 2. The first-order valence-electron chi connectivity index (χ1n) is 6.19. The Morgan fingerprint density at radius 1 is 1.11 bits per heavy atom. The minimum Gasteiger partial charge on any atom is -0.384 e. The van der Waals surface area contributed by atoms with Crippen LogP contribution in [-0.4, -0.2) is 15.1 Å². The van der Waals surface area contributed by atoms with Crippen LogP contribution in [0.2, 0.25) is 0 Å². The van der Waals surface area contributed by atoms with E-state index in [4.69, 9.17) is 0 Å². The number of hydrogen-bond acceptors (Lipinski definition) is 3. The van der Waals surface area contributed by atoms with E-state index < -0.39 is 6.10 Å². The number of aliphatic hydroxyl groups excluding tert-OH is 1. The number of pyridine rings is 2. The molecule has 0 aliphatic heterocycles. The molecule has 0 bridgehead atoms. The Bertz CT molecular complexity index is 725. The molecule has 3 nitrogen and oxygen atoms in total. The third-order valence-corrected chi connectivity index (χ3v) is 3.32. The van der Waals surface area contributed by atoms with Crippen molar-refractivity contribution in [2.75, 3.05) is 0 Å². The molecule has 94 valence electrons. The molecule has 1 N–H and O–H groups in total. The predicted octanol–water partition coefficient (Wildman–Crippen LogP) is 3.02. The van der Waals surface area contributed by atoms with Crippen LogP contribution in [0.4, 0.5) is 0 Å². The van der Waals surface area contributed by atoms with Crippen LogP contribution in [0.3, 0.4) is 0 Å². The Balaban J connectivity index is 2.07. The minimum absolute atomic E-state index is 0.667. The van der Waals surface area contributed by atoms with E-state index in [1.807, 2.05) is 43.3 Å². The monoisotopic (exact) mass is 250 g/mol. The SMILES string of the molecule is Cc1ccncc1C(O)c1ccc2cccnc2c1. The third-order valence-electron chi connectivity index (χ3n) is 3.32. The summed E-state index contributed by atoms with van der Waals surface area (Å²) in [5, 5.41) is 11.5. The second-order valence-corrected chi connectivity index (χ2v) is 4.59. The van der Waals surface area contributed by atoms with Crippen LogP contribution >= 0.6 is 0 Å². The van der Waals surface area contributed by atoms with E-state index >= 15 is 0 Å². The van der Waals surface area contributed by atoms with Gasteiger partial charge in [0, 0.05) is 29.5 Å². The standard InChI is InChI=1S/C16H14N2O/c1-11-6-8-17-10-14(11)16(19)13-5-4-12-3-2-7-18-15(12)9-13/h2-10,16,19H,1H3. The van der Waals surface area contributed by atoms with Gasteiger partial charge in [0.25, 0.3) is 0 Å². The fourth-order valence-electron chi connectivity index (χ4n) is 2.20. The van der Waals surface area contributed by atoms with E-state index in [9.17, 15) is 5.11 Å². The van der Waals surface area contributed by atoms with E-state index in [0.29, 0.717) is 0 Å². The highest BCUT2D eigenvalue weighted by atomic mass is 16.3.